The van der Waals surface area contributed by atoms with Gasteiger partial charge in [0.25, 0.3) is 0 Å². The second kappa shape index (κ2) is 14.1. The molecule has 0 aliphatic carbocycles. The van der Waals surface area contributed by atoms with Crippen molar-refractivity contribution in [3.8, 4) is 0 Å². The minimum atomic E-state index is -4.05. The number of anilines is 1. The Bertz CT molecular complexity index is 1440. The van der Waals surface area contributed by atoms with Gasteiger partial charge in [-0.15, -0.1) is 0 Å². The summed E-state index contributed by atoms with van der Waals surface area (Å²) in [7, 11) is -1.18. The van der Waals surface area contributed by atoms with Crippen LogP contribution in [-0.4, -0.2) is 62.2 Å². The SMILES string of the molecule is Cc1ccc(C)c(N(CC(=O)N(Cc2ccc(Br)cc2)[C@@H](Cc2ccccc2)C(=O)NC(C)C)S(=O)(=O)N(C)C)c1. The average molecular weight is 644 g/mol. The number of nitrogens with zero attached hydrogens (tertiary/aromatic N) is 3. The van der Waals surface area contributed by atoms with Crippen LogP contribution in [-0.2, 0) is 32.8 Å². The van der Waals surface area contributed by atoms with Gasteiger partial charge >= 0.3 is 10.2 Å². The molecule has 3 aromatic carbocycles. The Hall–Kier alpha value is -3.21. The molecule has 10 heteroatoms. The monoisotopic (exact) mass is 642 g/mol. The molecule has 41 heavy (non-hydrogen) atoms. The average Bonchev–Trinajstić information content (AvgIpc) is 2.91. The van der Waals surface area contributed by atoms with Gasteiger partial charge in [-0.2, -0.15) is 12.7 Å². The van der Waals surface area contributed by atoms with E-state index >= 15 is 0 Å². The van der Waals surface area contributed by atoms with Crippen LogP contribution < -0.4 is 9.62 Å². The van der Waals surface area contributed by atoms with Crippen molar-refractivity contribution in [3.63, 3.8) is 0 Å². The van der Waals surface area contributed by atoms with Crippen molar-refractivity contribution >= 4 is 43.6 Å². The second-order valence-corrected chi connectivity index (χ2v) is 13.6. The van der Waals surface area contributed by atoms with Gasteiger partial charge < -0.3 is 10.2 Å². The molecule has 0 saturated heterocycles. The van der Waals surface area contributed by atoms with Crippen molar-refractivity contribution < 1.29 is 18.0 Å². The topological polar surface area (TPSA) is 90.0 Å². The van der Waals surface area contributed by atoms with Crippen LogP contribution in [0.5, 0.6) is 0 Å². The first kappa shape index (κ1) is 32.3. The second-order valence-electron chi connectivity index (χ2n) is 10.6. The maximum atomic E-state index is 14.3. The van der Waals surface area contributed by atoms with E-state index in [1.807, 2.05) is 94.4 Å². The minimum absolute atomic E-state index is 0.123. The molecule has 0 saturated carbocycles. The molecule has 3 rings (SSSR count). The number of halogens is 1. The zero-order valence-electron chi connectivity index (χ0n) is 24.5. The van der Waals surface area contributed by atoms with Gasteiger partial charge in [0, 0.05) is 37.6 Å². The predicted octanol–water partition coefficient (Wildman–Crippen LogP) is 4.84. The summed E-state index contributed by atoms with van der Waals surface area (Å²) < 4.78 is 30.3. The summed E-state index contributed by atoms with van der Waals surface area (Å²) >= 11 is 3.45. The van der Waals surface area contributed by atoms with Crippen LogP contribution in [0.2, 0.25) is 0 Å². The number of carbonyl (C=O) groups excluding carboxylic acids is 2. The van der Waals surface area contributed by atoms with Crippen molar-refractivity contribution in [1.82, 2.24) is 14.5 Å². The van der Waals surface area contributed by atoms with Gasteiger partial charge in [0.05, 0.1) is 5.69 Å². The maximum absolute atomic E-state index is 14.3. The number of amides is 2. The van der Waals surface area contributed by atoms with Gasteiger partial charge in [-0.05, 0) is 68.1 Å². The van der Waals surface area contributed by atoms with Crippen molar-refractivity contribution in [2.75, 3.05) is 24.9 Å². The Morgan fingerprint density at radius 2 is 1.54 bits per heavy atom. The van der Waals surface area contributed by atoms with Gasteiger partial charge in [-0.25, -0.2) is 4.31 Å². The van der Waals surface area contributed by atoms with Crippen LogP contribution in [0.3, 0.4) is 0 Å². The lowest BCUT2D eigenvalue weighted by atomic mass is 10.0. The third-order valence-electron chi connectivity index (χ3n) is 6.62. The normalized spacial score (nSPS) is 12.3. The van der Waals surface area contributed by atoms with E-state index in [-0.39, 0.29) is 24.9 Å². The molecule has 0 aliphatic heterocycles. The summed E-state index contributed by atoms with van der Waals surface area (Å²) in [5.74, 6) is -0.790. The number of hydrogen-bond acceptors (Lipinski definition) is 4. The molecular weight excluding hydrogens is 604 g/mol. The van der Waals surface area contributed by atoms with Crippen LogP contribution >= 0.6 is 15.9 Å². The lowest BCUT2D eigenvalue weighted by molar-refractivity contribution is -0.140. The largest absolute Gasteiger partial charge is 0.352 e. The van der Waals surface area contributed by atoms with E-state index < -0.39 is 28.7 Å². The summed E-state index contributed by atoms with van der Waals surface area (Å²) in [5.41, 5.74) is 3.69. The molecule has 0 fully saturated rings. The Morgan fingerprint density at radius 1 is 0.902 bits per heavy atom. The lowest BCUT2D eigenvalue weighted by Gasteiger charge is -2.35. The van der Waals surface area contributed by atoms with E-state index in [2.05, 4.69) is 21.2 Å². The smallest absolute Gasteiger partial charge is 0.304 e. The van der Waals surface area contributed by atoms with Gasteiger partial charge in [-0.1, -0.05) is 70.5 Å². The van der Waals surface area contributed by atoms with E-state index in [1.54, 1.807) is 6.07 Å². The highest BCUT2D eigenvalue weighted by molar-refractivity contribution is 9.10. The van der Waals surface area contributed by atoms with Crippen LogP contribution in [0.1, 0.15) is 36.1 Å². The molecule has 2 amide bonds. The Kier molecular flexibility index (Phi) is 11.1. The number of aryl methyl sites for hydroxylation is 2. The fourth-order valence-corrected chi connectivity index (χ4v) is 5.79. The quantitative estimate of drug-likeness (QED) is 0.306. The molecule has 1 N–H and O–H groups in total. The fraction of sp³-hybridized carbons (Fsp3) is 0.355. The molecule has 0 heterocycles. The highest BCUT2D eigenvalue weighted by atomic mass is 79.9. The van der Waals surface area contributed by atoms with Gasteiger partial charge in [-0.3, -0.25) is 9.59 Å². The van der Waals surface area contributed by atoms with Crippen molar-refractivity contribution in [3.05, 3.63) is 99.5 Å². The first-order valence-corrected chi connectivity index (χ1v) is 15.6. The molecule has 1 atom stereocenters. The first-order chi connectivity index (χ1) is 19.3. The molecule has 0 unspecified atom stereocenters. The number of nitrogens with one attached hydrogen (secondary N) is 1. The third-order valence-corrected chi connectivity index (χ3v) is 8.95. The number of benzene rings is 3. The third kappa shape index (κ3) is 8.64. The zero-order valence-corrected chi connectivity index (χ0v) is 26.9. The van der Waals surface area contributed by atoms with Crippen molar-refractivity contribution in [1.29, 1.82) is 0 Å². The Labute approximate surface area is 252 Å². The number of hydrogen-bond donors (Lipinski definition) is 1. The summed E-state index contributed by atoms with van der Waals surface area (Å²) in [6.07, 6.45) is 0.269. The van der Waals surface area contributed by atoms with Crippen molar-refractivity contribution in [2.24, 2.45) is 0 Å². The van der Waals surface area contributed by atoms with Crippen LogP contribution in [0.25, 0.3) is 0 Å². The molecule has 3 aromatic rings. The van der Waals surface area contributed by atoms with E-state index in [4.69, 9.17) is 0 Å². The lowest BCUT2D eigenvalue weighted by Crippen LogP contribution is -2.55. The summed E-state index contributed by atoms with van der Waals surface area (Å²) in [4.78, 5) is 29.5. The first-order valence-electron chi connectivity index (χ1n) is 13.4. The Balaban J connectivity index is 2.12. The summed E-state index contributed by atoms with van der Waals surface area (Å²) in [5, 5.41) is 2.96. The maximum Gasteiger partial charge on any atom is 0.304 e. The van der Waals surface area contributed by atoms with Gasteiger partial charge in [0.1, 0.15) is 12.6 Å². The van der Waals surface area contributed by atoms with E-state index in [0.717, 1.165) is 29.8 Å². The molecular formula is C31H39BrN4O4S. The molecule has 0 bridgehead atoms. The standard InChI is InChI=1S/C31H39BrN4O4S/c1-22(2)33-31(38)29(19-25-10-8-7-9-11-25)35(20-26-14-16-27(32)17-15-26)30(37)21-36(41(39,40)34(5)6)28-18-23(3)12-13-24(28)4/h7-18,22,29H,19-21H2,1-6H3,(H,33,38)/t29-/m0/s1. The molecule has 0 spiro atoms. The summed E-state index contributed by atoms with van der Waals surface area (Å²) in [6.45, 7) is 7.07. The van der Waals surface area contributed by atoms with Gasteiger partial charge in [0.15, 0.2) is 0 Å². The molecule has 8 nitrogen and oxygen atoms in total. The van der Waals surface area contributed by atoms with Crippen LogP contribution in [0, 0.1) is 13.8 Å². The van der Waals surface area contributed by atoms with Crippen molar-refractivity contribution in [2.45, 2.75) is 52.7 Å². The fourth-order valence-electron chi connectivity index (χ4n) is 4.41. The summed E-state index contributed by atoms with van der Waals surface area (Å²) in [6, 6.07) is 21.5. The number of rotatable bonds is 12. The van der Waals surface area contributed by atoms with Crippen LogP contribution in [0.15, 0.2) is 77.3 Å². The van der Waals surface area contributed by atoms with E-state index in [0.29, 0.717) is 11.3 Å². The van der Waals surface area contributed by atoms with Gasteiger partial charge in [0.2, 0.25) is 11.8 Å². The molecule has 0 aliphatic rings. The van der Waals surface area contributed by atoms with E-state index in [1.165, 1.54) is 19.0 Å². The highest BCUT2D eigenvalue weighted by Gasteiger charge is 2.35. The Morgan fingerprint density at radius 3 is 2.12 bits per heavy atom. The molecule has 0 aromatic heterocycles. The van der Waals surface area contributed by atoms with Crippen LogP contribution in [0.4, 0.5) is 5.69 Å². The molecule has 0 radical (unpaired) electrons. The molecule has 220 valence electrons. The van der Waals surface area contributed by atoms with E-state index in [9.17, 15) is 18.0 Å². The predicted molar refractivity (Wildman–Crippen MR) is 168 cm³/mol. The number of carbonyl (C=O) groups is 2. The highest BCUT2D eigenvalue weighted by Crippen LogP contribution is 2.26. The zero-order chi connectivity index (χ0) is 30.3. The minimum Gasteiger partial charge on any atom is -0.352 e.